The first kappa shape index (κ1) is 18.7. The Morgan fingerprint density at radius 2 is 1.88 bits per heavy atom. The van der Waals surface area contributed by atoms with Crippen LogP contribution in [0.4, 0.5) is 5.69 Å². The number of hydrogen-bond donors (Lipinski definition) is 0. The average Bonchev–Trinajstić information content (AvgIpc) is 2.62. The molecule has 0 aromatic heterocycles. The van der Waals surface area contributed by atoms with Gasteiger partial charge in [-0.1, -0.05) is 30.3 Å². The van der Waals surface area contributed by atoms with Gasteiger partial charge in [0.2, 0.25) is 0 Å². The lowest BCUT2D eigenvalue weighted by atomic mass is 10.0. The Labute approximate surface area is 150 Å². The van der Waals surface area contributed by atoms with Crippen LogP contribution in [0, 0.1) is 13.8 Å². The summed E-state index contributed by atoms with van der Waals surface area (Å²) in [6.45, 7) is 7.21. The first-order valence-corrected chi connectivity index (χ1v) is 8.58. The van der Waals surface area contributed by atoms with Crippen molar-refractivity contribution < 1.29 is 9.53 Å². The fourth-order valence-corrected chi connectivity index (χ4v) is 2.39. The first-order chi connectivity index (χ1) is 12.0. The molecule has 2 rings (SSSR count). The van der Waals surface area contributed by atoms with Crippen molar-refractivity contribution in [2.45, 2.75) is 27.2 Å². The summed E-state index contributed by atoms with van der Waals surface area (Å²) < 4.78 is 5.44. The van der Waals surface area contributed by atoms with Gasteiger partial charge in [-0.3, -0.25) is 0 Å². The molecule has 0 unspecified atom stereocenters. The molecule has 0 saturated carbocycles. The highest BCUT2D eigenvalue weighted by atomic mass is 16.5. The number of aryl methyl sites for hydroxylation is 2. The van der Waals surface area contributed by atoms with Crippen LogP contribution in [0.25, 0.3) is 0 Å². The zero-order valence-corrected chi connectivity index (χ0v) is 15.5. The maximum atomic E-state index is 12.4. The van der Waals surface area contributed by atoms with Gasteiger partial charge < -0.3 is 9.64 Å². The Kier molecular flexibility index (Phi) is 6.75. The van der Waals surface area contributed by atoms with Crippen molar-refractivity contribution >= 4 is 18.0 Å². The quantitative estimate of drug-likeness (QED) is 0.429. The molecule has 132 valence electrons. The van der Waals surface area contributed by atoms with E-state index in [2.05, 4.69) is 11.9 Å². The molecule has 0 N–H and O–H groups in total. The zero-order valence-electron chi connectivity index (χ0n) is 15.5. The number of aliphatic imine (C=N–C) groups is 1. The fraction of sp³-hybridized carbons (Fsp3) is 0.333. The van der Waals surface area contributed by atoms with Crippen LogP contribution in [0.1, 0.15) is 34.0 Å². The number of rotatable bonds is 7. The number of carbonyl (C=O) groups excluding carboxylic acids is 1. The first-order valence-electron chi connectivity index (χ1n) is 8.58. The molecule has 2 aromatic rings. The van der Waals surface area contributed by atoms with Crippen LogP contribution >= 0.6 is 0 Å². The molecule has 25 heavy (non-hydrogen) atoms. The lowest BCUT2D eigenvalue weighted by Crippen LogP contribution is -2.14. The number of carbonyl (C=O) groups is 1. The van der Waals surface area contributed by atoms with E-state index in [0.717, 1.165) is 35.3 Å². The second-order valence-corrected chi connectivity index (χ2v) is 6.14. The molecule has 0 aliphatic heterocycles. The monoisotopic (exact) mass is 338 g/mol. The molecule has 0 spiro atoms. The predicted octanol–water partition coefficient (Wildman–Crippen LogP) is 4.31. The molecule has 2 aromatic carbocycles. The second kappa shape index (κ2) is 9.02. The van der Waals surface area contributed by atoms with E-state index in [9.17, 15) is 4.79 Å². The van der Waals surface area contributed by atoms with Crippen molar-refractivity contribution in [3.8, 4) is 0 Å². The smallest absolute Gasteiger partial charge is 0.338 e. The van der Waals surface area contributed by atoms with Gasteiger partial charge in [0.15, 0.2) is 0 Å². The highest BCUT2D eigenvalue weighted by molar-refractivity contribution is 5.92. The van der Waals surface area contributed by atoms with Crippen LogP contribution in [0.5, 0.6) is 0 Å². The summed E-state index contributed by atoms with van der Waals surface area (Å²) >= 11 is 0. The summed E-state index contributed by atoms with van der Waals surface area (Å²) in [6, 6.07) is 13.8. The second-order valence-electron chi connectivity index (χ2n) is 6.14. The van der Waals surface area contributed by atoms with E-state index < -0.39 is 0 Å². The van der Waals surface area contributed by atoms with Gasteiger partial charge in [-0.25, -0.2) is 9.79 Å². The fourth-order valence-electron chi connectivity index (χ4n) is 2.39. The Bertz CT molecular complexity index is 739. The molecule has 0 radical (unpaired) electrons. The highest BCUT2D eigenvalue weighted by Crippen LogP contribution is 2.23. The maximum Gasteiger partial charge on any atom is 0.338 e. The molecule has 0 bridgehead atoms. The summed E-state index contributed by atoms with van der Waals surface area (Å²) in [6.07, 6.45) is 2.52. The van der Waals surface area contributed by atoms with Crippen LogP contribution < -0.4 is 0 Å². The average molecular weight is 338 g/mol. The minimum atomic E-state index is -0.280. The van der Waals surface area contributed by atoms with Gasteiger partial charge in [0.1, 0.15) is 0 Å². The summed E-state index contributed by atoms with van der Waals surface area (Å²) in [5, 5.41) is 0. The van der Waals surface area contributed by atoms with Gasteiger partial charge >= 0.3 is 5.97 Å². The summed E-state index contributed by atoms with van der Waals surface area (Å²) in [4.78, 5) is 18.9. The van der Waals surface area contributed by atoms with Gasteiger partial charge in [-0.15, -0.1) is 0 Å². The molecular formula is C21H26N2O2. The maximum absolute atomic E-state index is 12.4. The Balaban J connectivity index is 2.02. The zero-order chi connectivity index (χ0) is 18.2. The van der Waals surface area contributed by atoms with E-state index in [1.807, 2.05) is 68.3 Å². The van der Waals surface area contributed by atoms with E-state index >= 15 is 0 Å². The number of esters is 1. The summed E-state index contributed by atoms with van der Waals surface area (Å²) in [5.41, 5.74) is 4.47. The Hall–Kier alpha value is -2.62. The predicted molar refractivity (Wildman–Crippen MR) is 103 cm³/mol. The third-order valence-electron chi connectivity index (χ3n) is 4.12. The molecule has 0 aliphatic rings. The topological polar surface area (TPSA) is 41.9 Å². The number of hydrogen-bond acceptors (Lipinski definition) is 3. The third-order valence-corrected chi connectivity index (χ3v) is 4.12. The number of nitrogens with zero attached hydrogens (tertiary/aromatic N) is 2. The molecule has 0 amide bonds. The SMILES string of the molecule is CCN(C)/C=N/c1cc(C)c(C(=O)OCCc2ccccc2)cc1C. The minimum Gasteiger partial charge on any atom is -0.462 e. The number of benzene rings is 2. The van der Waals surface area contributed by atoms with Crippen LogP contribution in [-0.4, -0.2) is 37.4 Å². The largest absolute Gasteiger partial charge is 0.462 e. The van der Waals surface area contributed by atoms with E-state index in [1.165, 1.54) is 0 Å². The summed E-state index contributed by atoms with van der Waals surface area (Å²) in [7, 11) is 1.98. The molecule has 0 aliphatic carbocycles. The van der Waals surface area contributed by atoms with Gasteiger partial charge in [0.05, 0.1) is 24.2 Å². The van der Waals surface area contributed by atoms with Crippen molar-refractivity contribution in [2.75, 3.05) is 20.2 Å². The van der Waals surface area contributed by atoms with E-state index in [-0.39, 0.29) is 5.97 Å². The van der Waals surface area contributed by atoms with Crippen molar-refractivity contribution in [1.82, 2.24) is 4.90 Å². The van der Waals surface area contributed by atoms with Crippen molar-refractivity contribution in [3.05, 3.63) is 64.7 Å². The van der Waals surface area contributed by atoms with E-state index in [4.69, 9.17) is 4.74 Å². The van der Waals surface area contributed by atoms with Crippen LogP contribution in [-0.2, 0) is 11.2 Å². The molecule has 0 atom stereocenters. The lowest BCUT2D eigenvalue weighted by Gasteiger charge is -2.12. The molecule has 4 nitrogen and oxygen atoms in total. The summed E-state index contributed by atoms with van der Waals surface area (Å²) in [5.74, 6) is -0.280. The van der Waals surface area contributed by atoms with Gasteiger partial charge in [0, 0.05) is 20.0 Å². The van der Waals surface area contributed by atoms with Gasteiger partial charge in [-0.05, 0) is 49.6 Å². The Morgan fingerprint density at radius 3 is 2.56 bits per heavy atom. The van der Waals surface area contributed by atoms with Crippen molar-refractivity contribution in [2.24, 2.45) is 4.99 Å². The normalized spacial score (nSPS) is 10.9. The van der Waals surface area contributed by atoms with Crippen molar-refractivity contribution in [1.29, 1.82) is 0 Å². The molecule has 0 heterocycles. The minimum absolute atomic E-state index is 0.280. The molecule has 0 saturated heterocycles. The molecule has 0 fully saturated rings. The van der Waals surface area contributed by atoms with E-state index in [0.29, 0.717) is 12.2 Å². The van der Waals surface area contributed by atoms with Crippen LogP contribution in [0.15, 0.2) is 47.5 Å². The standard InChI is InChI=1S/C21H26N2O2/c1-5-23(4)15-22-20-14-16(2)19(13-17(20)3)21(24)25-12-11-18-9-7-6-8-10-18/h6-10,13-15H,5,11-12H2,1-4H3/b22-15+. The van der Waals surface area contributed by atoms with Crippen molar-refractivity contribution in [3.63, 3.8) is 0 Å². The number of ether oxygens (including phenoxy) is 1. The van der Waals surface area contributed by atoms with Crippen LogP contribution in [0.2, 0.25) is 0 Å². The van der Waals surface area contributed by atoms with Gasteiger partial charge in [0.25, 0.3) is 0 Å². The van der Waals surface area contributed by atoms with E-state index in [1.54, 1.807) is 6.34 Å². The Morgan fingerprint density at radius 1 is 1.16 bits per heavy atom. The van der Waals surface area contributed by atoms with Crippen LogP contribution in [0.3, 0.4) is 0 Å². The lowest BCUT2D eigenvalue weighted by molar-refractivity contribution is 0.0508. The molecule has 4 heteroatoms. The third kappa shape index (κ3) is 5.45. The molecular weight excluding hydrogens is 312 g/mol. The highest BCUT2D eigenvalue weighted by Gasteiger charge is 2.13. The van der Waals surface area contributed by atoms with Gasteiger partial charge in [-0.2, -0.15) is 0 Å².